The monoisotopic (exact) mass is 433 g/mol. The zero-order valence-corrected chi connectivity index (χ0v) is 17.8. The Balaban J connectivity index is 2.18. The summed E-state index contributed by atoms with van der Waals surface area (Å²) in [6, 6.07) is 9.39. The van der Waals surface area contributed by atoms with Crippen LogP contribution in [0.5, 0.6) is 5.75 Å². The van der Waals surface area contributed by atoms with Gasteiger partial charge in [0.05, 0.1) is 28.1 Å². The van der Waals surface area contributed by atoms with E-state index < -0.39 is 5.92 Å². The second-order valence-corrected chi connectivity index (χ2v) is 7.67. The number of carbonyl (C=O) groups is 2. The molecule has 0 radical (unpaired) electrons. The van der Waals surface area contributed by atoms with Gasteiger partial charge in [-0.15, -0.1) is 0 Å². The number of fused-ring (bicyclic) bond motifs is 1. The number of phenols is 1. The minimum Gasteiger partial charge on any atom is -0.508 e. The fraction of sp³-hybridized carbons (Fsp3) is 0.273. The van der Waals surface area contributed by atoms with Crippen LogP contribution in [-0.4, -0.2) is 28.2 Å². The van der Waals surface area contributed by atoms with Crippen LogP contribution in [0, 0.1) is 6.92 Å². The smallest absolute Gasteiger partial charge is 0.313 e. The summed E-state index contributed by atoms with van der Waals surface area (Å²) in [7, 11) is 0. The number of aromatic hydroxyl groups is 1. The van der Waals surface area contributed by atoms with Crippen LogP contribution in [0.1, 0.15) is 47.8 Å². The topological polar surface area (TPSA) is 68.5 Å². The number of phenolic OH excluding ortho intramolecular Hbond substituents is 1. The molecule has 0 unspecified atom stereocenters. The first-order valence-corrected chi connectivity index (χ1v) is 10.0. The van der Waals surface area contributed by atoms with E-state index in [2.05, 4.69) is 0 Å². The Kier molecular flexibility index (Phi) is 6.20. The van der Waals surface area contributed by atoms with Crippen molar-refractivity contribution in [2.75, 3.05) is 6.61 Å². The van der Waals surface area contributed by atoms with Crippen molar-refractivity contribution < 1.29 is 19.4 Å². The molecule has 0 saturated heterocycles. The molecule has 7 heteroatoms. The van der Waals surface area contributed by atoms with Gasteiger partial charge in [0, 0.05) is 16.6 Å². The largest absolute Gasteiger partial charge is 0.508 e. The molecule has 0 fully saturated rings. The number of rotatable bonds is 5. The Morgan fingerprint density at radius 2 is 1.86 bits per heavy atom. The third kappa shape index (κ3) is 3.98. The number of hydrogen-bond acceptors (Lipinski definition) is 4. The van der Waals surface area contributed by atoms with Crippen molar-refractivity contribution in [3.8, 4) is 5.75 Å². The van der Waals surface area contributed by atoms with Gasteiger partial charge in [-0.2, -0.15) is 0 Å². The third-order valence-electron chi connectivity index (χ3n) is 4.84. The first-order chi connectivity index (χ1) is 13.8. The molecule has 0 aliphatic rings. The lowest BCUT2D eigenvalue weighted by Gasteiger charge is -2.13. The van der Waals surface area contributed by atoms with Crippen LogP contribution < -0.4 is 0 Å². The third-order valence-corrected chi connectivity index (χ3v) is 5.58. The van der Waals surface area contributed by atoms with Crippen molar-refractivity contribution in [1.29, 1.82) is 0 Å². The van der Waals surface area contributed by atoms with Crippen molar-refractivity contribution in [2.24, 2.45) is 0 Å². The van der Waals surface area contributed by atoms with Crippen LogP contribution in [0.25, 0.3) is 10.9 Å². The summed E-state index contributed by atoms with van der Waals surface area (Å²) in [6.45, 7) is 5.75. The molecule has 152 valence electrons. The van der Waals surface area contributed by atoms with Gasteiger partial charge < -0.3 is 9.84 Å². The SMILES string of the molecule is CCCOC(=O)[C@H](C)c1c(C)n(C(=O)c2ccc(Cl)c(Cl)c2)c2ccc(O)cc12. The number of esters is 1. The molecule has 1 atom stereocenters. The minimum atomic E-state index is -0.603. The molecule has 0 amide bonds. The lowest BCUT2D eigenvalue weighted by atomic mass is 9.98. The van der Waals surface area contributed by atoms with E-state index in [4.69, 9.17) is 27.9 Å². The number of ether oxygens (including phenoxy) is 1. The predicted molar refractivity (Wildman–Crippen MR) is 114 cm³/mol. The summed E-state index contributed by atoms with van der Waals surface area (Å²) >= 11 is 12.1. The molecular formula is C22H21Cl2NO4. The fourth-order valence-corrected chi connectivity index (χ4v) is 3.74. The van der Waals surface area contributed by atoms with Gasteiger partial charge in [0.2, 0.25) is 0 Å². The van der Waals surface area contributed by atoms with Crippen LogP contribution in [0.3, 0.4) is 0 Å². The van der Waals surface area contributed by atoms with Crippen molar-refractivity contribution in [3.63, 3.8) is 0 Å². The Morgan fingerprint density at radius 1 is 1.14 bits per heavy atom. The number of carbonyl (C=O) groups excluding carboxylic acids is 2. The number of nitrogens with zero attached hydrogens (tertiary/aromatic N) is 1. The molecule has 0 spiro atoms. The zero-order valence-electron chi connectivity index (χ0n) is 16.3. The van der Waals surface area contributed by atoms with Crippen molar-refractivity contribution in [3.05, 3.63) is 63.3 Å². The zero-order chi connectivity index (χ0) is 21.3. The highest BCUT2D eigenvalue weighted by molar-refractivity contribution is 6.42. The predicted octanol–water partition coefficient (Wildman–Crippen LogP) is 5.71. The van der Waals surface area contributed by atoms with Gasteiger partial charge in [-0.25, -0.2) is 0 Å². The molecule has 2 aromatic carbocycles. The Morgan fingerprint density at radius 3 is 2.52 bits per heavy atom. The van der Waals surface area contributed by atoms with E-state index in [1.165, 1.54) is 16.7 Å². The van der Waals surface area contributed by atoms with Gasteiger partial charge in [0.25, 0.3) is 5.91 Å². The van der Waals surface area contributed by atoms with E-state index in [1.807, 2.05) is 6.92 Å². The highest BCUT2D eigenvalue weighted by atomic mass is 35.5. The second kappa shape index (κ2) is 8.47. The summed E-state index contributed by atoms with van der Waals surface area (Å²) in [5.74, 6) is -1.24. The Labute approximate surface area is 178 Å². The minimum absolute atomic E-state index is 0.0482. The number of aromatic nitrogens is 1. The average Bonchev–Trinajstić information content (AvgIpc) is 2.97. The van der Waals surface area contributed by atoms with Gasteiger partial charge in [-0.1, -0.05) is 30.1 Å². The normalized spacial score (nSPS) is 12.2. The van der Waals surface area contributed by atoms with E-state index in [0.717, 1.165) is 6.42 Å². The molecule has 29 heavy (non-hydrogen) atoms. The van der Waals surface area contributed by atoms with Crippen molar-refractivity contribution in [1.82, 2.24) is 4.57 Å². The van der Waals surface area contributed by atoms with Crippen molar-refractivity contribution in [2.45, 2.75) is 33.1 Å². The molecule has 3 rings (SSSR count). The number of hydrogen-bond donors (Lipinski definition) is 1. The first-order valence-electron chi connectivity index (χ1n) is 9.26. The molecule has 3 aromatic rings. The maximum absolute atomic E-state index is 13.3. The molecule has 0 bridgehead atoms. The summed E-state index contributed by atoms with van der Waals surface area (Å²) in [4.78, 5) is 25.8. The summed E-state index contributed by atoms with van der Waals surface area (Å²) < 4.78 is 6.82. The molecule has 0 aliphatic heterocycles. The summed E-state index contributed by atoms with van der Waals surface area (Å²) in [5, 5.41) is 11.3. The van der Waals surface area contributed by atoms with E-state index in [-0.39, 0.29) is 22.6 Å². The van der Waals surface area contributed by atoms with Crippen LogP contribution in [0.15, 0.2) is 36.4 Å². The molecule has 0 aliphatic carbocycles. The van der Waals surface area contributed by atoms with Gasteiger partial charge in [-0.3, -0.25) is 14.2 Å². The van der Waals surface area contributed by atoms with Gasteiger partial charge >= 0.3 is 5.97 Å². The van der Waals surface area contributed by atoms with Crippen LogP contribution in [0.2, 0.25) is 10.0 Å². The highest BCUT2D eigenvalue weighted by Gasteiger charge is 2.27. The van der Waals surface area contributed by atoms with Gasteiger partial charge in [-0.05, 0) is 62.2 Å². The van der Waals surface area contributed by atoms with E-state index >= 15 is 0 Å². The molecule has 1 aromatic heterocycles. The number of halogens is 2. The quantitative estimate of drug-likeness (QED) is 0.523. The maximum atomic E-state index is 13.3. The second-order valence-electron chi connectivity index (χ2n) is 6.86. The van der Waals surface area contributed by atoms with Crippen LogP contribution >= 0.6 is 23.2 Å². The fourth-order valence-electron chi connectivity index (χ4n) is 3.44. The summed E-state index contributed by atoms with van der Waals surface area (Å²) in [6.07, 6.45) is 0.718. The molecular weight excluding hydrogens is 413 g/mol. The maximum Gasteiger partial charge on any atom is 0.313 e. The lowest BCUT2D eigenvalue weighted by molar-refractivity contribution is -0.145. The van der Waals surface area contributed by atoms with Gasteiger partial charge in [0.15, 0.2) is 0 Å². The molecule has 5 nitrogen and oxygen atoms in total. The average molecular weight is 434 g/mol. The van der Waals surface area contributed by atoms with Crippen LogP contribution in [-0.2, 0) is 9.53 Å². The number of benzene rings is 2. The van der Waals surface area contributed by atoms with E-state index in [1.54, 1.807) is 38.1 Å². The highest BCUT2D eigenvalue weighted by Crippen LogP contribution is 2.35. The first kappa shape index (κ1) is 21.2. The Bertz CT molecular complexity index is 1100. The van der Waals surface area contributed by atoms with Crippen LogP contribution in [0.4, 0.5) is 0 Å². The standard InChI is InChI=1S/C22H21Cl2NO4/c1-4-9-29-22(28)12(2)20-13(3)25(19-8-6-15(26)11-16(19)20)21(27)14-5-7-17(23)18(24)10-14/h5-8,10-12,26H,4,9H2,1-3H3/t12-/m1/s1. The van der Waals surface area contributed by atoms with E-state index in [9.17, 15) is 14.7 Å². The van der Waals surface area contributed by atoms with Crippen molar-refractivity contribution >= 4 is 46.0 Å². The molecule has 1 N–H and O–H groups in total. The summed E-state index contributed by atoms with van der Waals surface area (Å²) in [5.41, 5.74) is 2.19. The Hall–Kier alpha value is -2.50. The molecule has 1 heterocycles. The van der Waals surface area contributed by atoms with E-state index in [0.29, 0.717) is 39.4 Å². The lowest BCUT2D eigenvalue weighted by Crippen LogP contribution is -2.17. The van der Waals surface area contributed by atoms with Gasteiger partial charge in [0.1, 0.15) is 5.75 Å². The molecule has 0 saturated carbocycles.